The number of nitrogens with one attached hydrogen (secondary N) is 1. The summed E-state index contributed by atoms with van der Waals surface area (Å²) < 4.78 is 5.39. The minimum Gasteiger partial charge on any atom is -0.406 e. The van der Waals surface area contributed by atoms with Crippen LogP contribution in [0, 0.1) is 0 Å². The van der Waals surface area contributed by atoms with Crippen LogP contribution in [0.15, 0.2) is 28.7 Å². The molecule has 0 fully saturated rings. The Hall–Kier alpha value is -1.88. The molecule has 0 saturated carbocycles. The Kier molecular flexibility index (Phi) is 3.57. The molecule has 1 atom stereocenters. The van der Waals surface area contributed by atoms with Crippen molar-refractivity contribution in [2.45, 2.75) is 39.2 Å². The molecule has 1 aromatic heterocycles. The van der Waals surface area contributed by atoms with Gasteiger partial charge in [0.05, 0.1) is 6.04 Å². The van der Waals surface area contributed by atoms with E-state index >= 15 is 0 Å². The number of rotatable bonds is 3. The van der Waals surface area contributed by atoms with Gasteiger partial charge >= 0.3 is 6.01 Å². The molecule has 0 aliphatic heterocycles. The van der Waals surface area contributed by atoms with Crippen molar-refractivity contribution in [3.63, 3.8) is 0 Å². The van der Waals surface area contributed by atoms with E-state index in [2.05, 4.69) is 48.4 Å². The van der Waals surface area contributed by atoms with Crippen molar-refractivity contribution < 1.29 is 4.42 Å². The fraction of sp³-hybridized carbons (Fsp3) is 0.429. The van der Waals surface area contributed by atoms with Gasteiger partial charge in [0.2, 0.25) is 5.89 Å². The quantitative estimate of drug-likeness (QED) is 0.886. The van der Waals surface area contributed by atoms with E-state index in [4.69, 9.17) is 10.2 Å². The molecule has 19 heavy (non-hydrogen) atoms. The van der Waals surface area contributed by atoms with Crippen LogP contribution in [0.3, 0.4) is 0 Å². The first-order chi connectivity index (χ1) is 8.86. The zero-order chi connectivity index (χ0) is 14.0. The number of benzene rings is 1. The largest absolute Gasteiger partial charge is 0.406 e. The summed E-state index contributed by atoms with van der Waals surface area (Å²) in [6.07, 6.45) is 0. The van der Waals surface area contributed by atoms with Crippen LogP contribution in [-0.2, 0) is 5.41 Å². The van der Waals surface area contributed by atoms with Crippen LogP contribution >= 0.6 is 0 Å². The van der Waals surface area contributed by atoms with Crippen molar-refractivity contribution in [2.75, 3.05) is 5.32 Å². The van der Waals surface area contributed by atoms with E-state index in [-0.39, 0.29) is 11.5 Å². The fourth-order valence-electron chi connectivity index (χ4n) is 1.65. The zero-order valence-corrected chi connectivity index (χ0v) is 11.8. The summed E-state index contributed by atoms with van der Waals surface area (Å²) in [5, 5.41) is 10.8. The van der Waals surface area contributed by atoms with Gasteiger partial charge in [-0.25, -0.2) is 0 Å². The molecule has 1 heterocycles. The molecule has 1 aromatic carbocycles. The van der Waals surface area contributed by atoms with Crippen LogP contribution in [0.2, 0.25) is 0 Å². The highest BCUT2D eigenvalue weighted by atomic mass is 16.4. The van der Waals surface area contributed by atoms with Crippen LogP contribution < -0.4 is 11.1 Å². The van der Waals surface area contributed by atoms with Gasteiger partial charge in [0.15, 0.2) is 0 Å². The Morgan fingerprint density at radius 3 is 2.26 bits per heavy atom. The standard InChI is InChI=1S/C14H20N4O/c1-9(15)12-17-18-13(19-12)16-11-7-5-10(6-8-11)14(2,3)4/h5-9H,15H2,1-4H3,(H,16,18). The molecule has 102 valence electrons. The van der Waals surface area contributed by atoms with Crippen molar-refractivity contribution >= 4 is 11.7 Å². The summed E-state index contributed by atoms with van der Waals surface area (Å²) >= 11 is 0. The zero-order valence-electron chi connectivity index (χ0n) is 11.8. The lowest BCUT2D eigenvalue weighted by molar-refractivity contribution is 0.475. The third kappa shape index (κ3) is 3.32. The molecule has 5 heteroatoms. The Balaban J connectivity index is 2.11. The van der Waals surface area contributed by atoms with Gasteiger partial charge in [0, 0.05) is 5.69 Å². The Morgan fingerprint density at radius 1 is 1.16 bits per heavy atom. The van der Waals surface area contributed by atoms with Gasteiger partial charge in [0.1, 0.15) is 0 Å². The third-order valence-corrected chi connectivity index (χ3v) is 2.83. The maximum absolute atomic E-state index is 5.66. The monoisotopic (exact) mass is 260 g/mol. The average molecular weight is 260 g/mol. The number of nitrogens with two attached hydrogens (primary N) is 1. The van der Waals surface area contributed by atoms with E-state index in [0.29, 0.717) is 11.9 Å². The molecule has 5 nitrogen and oxygen atoms in total. The van der Waals surface area contributed by atoms with Gasteiger partial charge in [-0.3, -0.25) is 0 Å². The predicted octanol–water partition coefficient (Wildman–Crippen LogP) is 3.13. The second-order valence-corrected chi connectivity index (χ2v) is 5.69. The second kappa shape index (κ2) is 5.01. The van der Waals surface area contributed by atoms with Gasteiger partial charge < -0.3 is 15.5 Å². The molecule has 2 aromatic rings. The van der Waals surface area contributed by atoms with E-state index in [1.54, 1.807) is 6.92 Å². The van der Waals surface area contributed by atoms with Gasteiger partial charge in [-0.15, -0.1) is 5.10 Å². The SMILES string of the molecule is CC(N)c1nnc(Nc2ccc(C(C)(C)C)cc2)o1. The number of aromatic nitrogens is 2. The lowest BCUT2D eigenvalue weighted by Crippen LogP contribution is -2.10. The number of nitrogens with zero attached hydrogens (tertiary/aromatic N) is 2. The fourth-order valence-corrected chi connectivity index (χ4v) is 1.65. The molecule has 0 aliphatic rings. The highest BCUT2D eigenvalue weighted by Crippen LogP contribution is 2.24. The van der Waals surface area contributed by atoms with Crippen LogP contribution in [0.1, 0.15) is 45.2 Å². The Morgan fingerprint density at radius 2 is 1.79 bits per heavy atom. The van der Waals surface area contributed by atoms with Crippen molar-refractivity contribution in [3.8, 4) is 0 Å². The molecule has 3 N–H and O–H groups in total. The molecule has 0 bridgehead atoms. The molecule has 0 spiro atoms. The maximum Gasteiger partial charge on any atom is 0.320 e. The first-order valence-corrected chi connectivity index (χ1v) is 6.33. The smallest absolute Gasteiger partial charge is 0.320 e. The second-order valence-electron chi connectivity index (χ2n) is 5.69. The van der Waals surface area contributed by atoms with Crippen LogP contribution in [-0.4, -0.2) is 10.2 Å². The van der Waals surface area contributed by atoms with Gasteiger partial charge in [-0.05, 0) is 30.0 Å². The number of hydrogen-bond acceptors (Lipinski definition) is 5. The summed E-state index contributed by atoms with van der Waals surface area (Å²) in [6.45, 7) is 8.35. The first kappa shape index (κ1) is 13.5. The van der Waals surface area contributed by atoms with E-state index in [9.17, 15) is 0 Å². The molecule has 0 aliphatic carbocycles. The van der Waals surface area contributed by atoms with Crippen LogP contribution in [0.25, 0.3) is 0 Å². The summed E-state index contributed by atoms with van der Waals surface area (Å²) in [5.41, 5.74) is 8.00. The lowest BCUT2D eigenvalue weighted by Gasteiger charge is -2.19. The van der Waals surface area contributed by atoms with E-state index in [0.717, 1.165) is 5.69 Å². The Labute approximate surface area is 113 Å². The molecule has 0 amide bonds. The normalized spacial score (nSPS) is 13.3. The number of hydrogen-bond donors (Lipinski definition) is 2. The number of anilines is 2. The summed E-state index contributed by atoms with van der Waals surface area (Å²) in [5.74, 6) is 0.425. The molecular formula is C14H20N4O. The van der Waals surface area contributed by atoms with E-state index < -0.39 is 0 Å². The molecule has 2 rings (SSSR count). The highest BCUT2D eigenvalue weighted by molar-refractivity contribution is 5.52. The van der Waals surface area contributed by atoms with E-state index in [1.165, 1.54) is 5.56 Å². The van der Waals surface area contributed by atoms with E-state index in [1.807, 2.05) is 12.1 Å². The topological polar surface area (TPSA) is 77.0 Å². The minimum absolute atomic E-state index is 0.144. The van der Waals surface area contributed by atoms with Crippen molar-refractivity contribution in [1.82, 2.24) is 10.2 Å². The van der Waals surface area contributed by atoms with Crippen molar-refractivity contribution in [3.05, 3.63) is 35.7 Å². The summed E-state index contributed by atoms with van der Waals surface area (Å²) in [7, 11) is 0. The molecule has 0 radical (unpaired) electrons. The van der Waals surface area contributed by atoms with Gasteiger partial charge in [-0.2, -0.15) is 0 Å². The molecular weight excluding hydrogens is 240 g/mol. The average Bonchev–Trinajstić information content (AvgIpc) is 2.77. The highest BCUT2D eigenvalue weighted by Gasteiger charge is 2.13. The molecule has 1 unspecified atom stereocenters. The van der Waals surface area contributed by atoms with Crippen molar-refractivity contribution in [1.29, 1.82) is 0 Å². The maximum atomic E-state index is 5.66. The third-order valence-electron chi connectivity index (χ3n) is 2.83. The molecule has 0 saturated heterocycles. The summed E-state index contributed by atoms with van der Waals surface area (Å²) in [6, 6.07) is 8.27. The predicted molar refractivity (Wildman–Crippen MR) is 75.3 cm³/mol. The van der Waals surface area contributed by atoms with Gasteiger partial charge in [0.25, 0.3) is 0 Å². The lowest BCUT2D eigenvalue weighted by atomic mass is 9.87. The van der Waals surface area contributed by atoms with Crippen LogP contribution in [0.5, 0.6) is 0 Å². The van der Waals surface area contributed by atoms with Crippen LogP contribution in [0.4, 0.5) is 11.7 Å². The van der Waals surface area contributed by atoms with Gasteiger partial charge in [-0.1, -0.05) is 38.0 Å². The summed E-state index contributed by atoms with van der Waals surface area (Å²) in [4.78, 5) is 0. The Bertz CT molecular complexity index is 537. The first-order valence-electron chi connectivity index (χ1n) is 6.33. The minimum atomic E-state index is -0.258. The van der Waals surface area contributed by atoms with Crippen molar-refractivity contribution in [2.24, 2.45) is 5.73 Å².